The van der Waals surface area contributed by atoms with E-state index < -0.39 is 16.2 Å². The van der Waals surface area contributed by atoms with E-state index in [0.717, 1.165) is 36.3 Å². The minimum absolute atomic E-state index is 0.00541. The number of nitrogens with zero attached hydrogens (tertiary/aromatic N) is 2. The summed E-state index contributed by atoms with van der Waals surface area (Å²) in [6.07, 6.45) is -0.121. The molecule has 1 heterocycles. The zero-order valence-corrected chi connectivity index (χ0v) is 20.2. The Hall–Kier alpha value is -1.96. The highest BCUT2D eigenvalue weighted by Crippen LogP contribution is 2.21. The maximum absolute atomic E-state index is 14.5. The maximum atomic E-state index is 14.5. The second-order valence-electron chi connectivity index (χ2n) is 9.07. The lowest BCUT2D eigenvalue weighted by Gasteiger charge is -2.34. The molecule has 1 aliphatic rings. The topological polar surface area (TPSA) is 52.6 Å². The summed E-state index contributed by atoms with van der Waals surface area (Å²) in [4.78, 5) is 2.13. The van der Waals surface area contributed by atoms with Crippen molar-refractivity contribution in [3.05, 3.63) is 65.7 Å². The lowest BCUT2D eigenvalue weighted by Crippen LogP contribution is -2.47. The van der Waals surface area contributed by atoms with Crippen LogP contribution in [0.4, 0.5) is 10.1 Å². The molecule has 1 fully saturated rings. The Morgan fingerprint density at radius 1 is 1.09 bits per heavy atom. The molecule has 0 saturated carbocycles. The highest BCUT2D eigenvalue weighted by molar-refractivity contribution is 7.88. The monoisotopic (exact) mass is 461 g/mol. The van der Waals surface area contributed by atoms with Crippen LogP contribution in [0.1, 0.15) is 38.3 Å². The van der Waals surface area contributed by atoms with Crippen molar-refractivity contribution >= 4 is 15.7 Å². The average molecular weight is 462 g/mol. The van der Waals surface area contributed by atoms with Gasteiger partial charge in [0.1, 0.15) is 6.17 Å². The van der Waals surface area contributed by atoms with E-state index in [1.807, 2.05) is 68.4 Å². The first-order chi connectivity index (χ1) is 15.3. The molecule has 176 valence electrons. The van der Waals surface area contributed by atoms with Gasteiger partial charge in [0.05, 0.1) is 11.8 Å². The van der Waals surface area contributed by atoms with Crippen LogP contribution in [0, 0.1) is 5.92 Å². The molecule has 2 atom stereocenters. The second-order valence-corrected chi connectivity index (χ2v) is 11.0. The van der Waals surface area contributed by atoms with Crippen molar-refractivity contribution in [3.8, 4) is 0 Å². The number of likely N-dealkylation sites (tertiary alicyclic amines) is 1. The third-order valence-electron chi connectivity index (χ3n) is 5.89. The molecule has 3 rings (SSSR count). The average Bonchev–Trinajstić information content (AvgIpc) is 2.76. The van der Waals surface area contributed by atoms with Crippen LogP contribution in [0.3, 0.4) is 0 Å². The molecule has 0 spiro atoms. The van der Waals surface area contributed by atoms with Crippen LogP contribution in [-0.4, -0.2) is 56.0 Å². The molecule has 32 heavy (non-hydrogen) atoms. The van der Waals surface area contributed by atoms with E-state index in [1.165, 1.54) is 0 Å². The number of hydrogen-bond donors (Lipinski definition) is 1. The first-order valence-corrected chi connectivity index (χ1v) is 13.1. The van der Waals surface area contributed by atoms with Crippen LogP contribution in [0.25, 0.3) is 0 Å². The van der Waals surface area contributed by atoms with Crippen LogP contribution in [0.5, 0.6) is 0 Å². The van der Waals surface area contributed by atoms with Gasteiger partial charge in [0.15, 0.2) is 0 Å². The summed E-state index contributed by atoms with van der Waals surface area (Å²) in [6.45, 7) is 9.14. The Morgan fingerprint density at radius 3 is 2.38 bits per heavy atom. The van der Waals surface area contributed by atoms with Crippen molar-refractivity contribution in [2.45, 2.75) is 51.7 Å². The highest BCUT2D eigenvalue weighted by Gasteiger charge is 2.28. The van der Waals surface area contributed by atoms with Gasteiger partial charge in [-0.25, -0.2) is 12.8 Å². The summed E-state index contributed by atoms with van der Waals surface area (Å²) in [5, 5.41) is 3.32. The predicted octanol–water partition coefficient (Wildman–Crippen LogP) is 4.52. The molecular weight excluding hydrogens is 425 g/mol. The molecule has 5 nitrogen and oxygen atoms in total. The van der Waals surface area contributed by atoms with Crippen LogP contribution >= 0.6 is 0 Å². The lowest BCUT2D eigenvalue weighted by atomic mass is 10.0. The molecule has 0 radical (unpaired) electrons. The normalized spacial score (nSPS) is 20.1. The SMILES string of the molecule is CCN1CC[C@@H](Nc2ccc(CN(CC(C)C)S(=O)(=O)Cc3ccccc3)cc2)[C@@H](F)C1. The summed E-state index contributed by atoms with van der Waals surface area (Å²) in [6, 6.07) is 16.8. The quantitative estimate of drug-likeness (QED) is 0.565. The Kier molecular flexibility index (Phi) is 8.68. The number of sulfonamides is 1. The number of nitrogens with one attached hydrogen (secondary N) is 1. The fraction of sp³-hybridized carbons (Fsp3) is 0.520. The van der Waals surface area contributed by atoms with Gasteiger partial charge in [-0.2, -0.15) is 4.31 Å². The smallest absolute Gasteiger partial charge is 0.218 e. The first-order valence-electron chi connectivity index (χ1n) is 11.5. The molecule has 0 aromatic heterocycles. The van der Waals surface area contributed by atoms with Crippen LogP contribution in [0.15, 0.2) is 54.6 Å². The van der Waals surface area contributed by atoms with E-state index in [9.17, 15) is 12.8 Å². The number of hydrogen-bond acceptors (Lipinski definition) is 4. The molecule has 1 aliphatic heterocycles. The van der Waals surface area contributed by atoms with Crippen molar-refractivity contribution < 1.29 is 12.8 Å². The molecule has 0 bridgehead atoms. The third-order valence-corrected chi connectivity index (χ3v) is 7.65. The largest absolute Gasteiger partial charge is 0.379 e. The van der Waals surface area contributed by atoms with Crippen LogP contribution < -0.4 is 5.32 Å². The van der Waals surface area contributed by atoms with E-state index in [1.54, 1.807) is 4.31 Å². The van der Waals surface area contributed by atoms with Crippen LogP contribution in [-0.2, 0) is 22.3 Å². The summed E-state index contributed by atoms with van der Waals surface area (Å²) in [7, 11) is -3.45. The zero-order valence-electron chi connectivity index (χ0n) is 19.4. The Balaban J connectivity index is 1.65. The van der Waals surface area contributed by atoms with Gasteiger partial charge in [0, 0.05) is 31.9 Å². The van der Waals surface area contributed by atoms with Crippen molar-refractivity contribution in [2.75, 3.05) is 31.5 Å². The van der Waals surface area contributed by atoms with Gasteiger partial charge in [-0.15, -0.1) is 0 Å². The number of rotatable bonds is 10. The molecule has 7 heteroatoms. The summed E-state index contributed by atoms with van der Waals surface area (Å²) in [5.74, 6) is 0.214. The molecule has 1 saturated heterocycles. The predicted molar refractivity (Wildman–Crippen MR) is 130 cm³/mol. The number of halogens is 1. The van der Waals surface area contributed by atoms with E-state index in [2.05, 4.69) is 17.1 Å². The molecule has 0 amide bonds. The van der Waals surface area contributed by atoms with E-state index in [0.29, 0.717) is 19.6 Å². The van der Waals surface area contributed by atoms with Gasteiger partial charge < -0.3 is 10.2 Å². The Bertz CT molecular complexity index is 935. The van der Waals surface area contributed by atoms with Crippen molar-refractivity contribution in [1.29, 1.82) is 0 Å². The molecule has 0 unspecified atom stereocenters. The molecular formula is C25H36FN3O2S. The zero-order chi connectivity index (χ0) is 23.1. The molecule has 2 aromatic carbocycles. The van der Waals surface area contributed by atoms with E-state index in [-0.39, 0.29) is 17.7 Å². The number of benzene rings is 2. The molecule has 2 aromatic rings. The maximum Gasteiger partial charge on any atom is 0.218 e. The van der Waals surface area contributed by atoms with Crippen LogP contribution in [0.2, 0.25) is 0 Å². The number of piperidine rings is 1. The third kappa shape index (κ3) is 7.02. The number of alkyl halides is 1. The van der Waals surface area contributed by atoms with Gasteiger partial charge in [-0.3, -0.25) is 0 Å². The van der Waals surface area contributed by atoms with Gasteiger partial charge in [0.25, 0.3) is 0 Å². The second kappa shape index (κ2) is 11.3. The van der Waals surface area contributed by atoms with Gasteiger partial charge in [-0.1, -0.05) is 63.2 Å². The van der Waals surface area contributed by atoms with Gasteiger partial charge in [0.2, 0.25) is 10.0 Å². The molecule has 1 N–H and O–H groups in total. The standard InChI is InChI=1S/C25H36FN3O2S/c1-4-28-15-14-25(24(26)18-28)27-23-12-10-21(11-13-23)17-29(16-20(2)3)32(30,31)19-22-8-6-5-7-9-22/h5-13,20,24-25,27H,4,14-19H2,1-3H3/t24-,25+/m0/s1. The van der Waals surface area contributed by atoms with Crippen molar-refractivity contribution in [1.82, 2.24) is 9.21 Å². The van der Waals surface area contributed by atoms with E-state index >= 15 is 0 Å². The van der Waals surface area contributed by atoms with Gasteiger partial charge in [-0.05, 0) is 42.1 Å². The minimum Gasteiger partial charge on any atom is -0.379 e. The first kappa shape index (κ1) is 24.7. The lowest BCUT2D eigenvalue weighted by molar-refractivity contribution is 0.131. The van der Waals surface area contributed by atoms with E-state index in [4.69, 9.17) is 0 Å². The summed E-state index contributed by atoms with van der Waals surface area (Å²) in [5.41, 5.74) is 2.58. The number of anilines is 1. The fourth-order valence-electron chi connectivity index (χ4n) is 4.10. The van der Waals surface area contributed by atoms with Gasteiger partial charge >= 0.3 is 0 Å². The fourth-order valence-corrected chi connectivity index (χ4v) is 5.77. The summed E-state index contributed by atoms with van der Waals surface area (Å²) >= 11 is 0. The highest BCUT2D eigenvalue weighted by atomic mass is 32.2. The Morgan fingerprint density at radius 2 is 1.78 bits per heavy atom. The molecule has 0 aliphatic carbocycles. The van der Waals surface area contributed by atoms with Crippen molar-refractivity contribution in [2.24, 2.45) is 5.92 Å². The minimum atomic E-state index is -3.45. The Labute approximate surface area is 192 Å². The van der Waals surface area contributed by atoms with Crippen molar-refractivity contribution in [3.63, 3.8) is 0 Å². The summed E-state index contributed by atoms with van der Waals surface area (Å²) < 4.78 is 42.3.